The van der Waals surface area contributed by atoms with E-state index in [1.165, 1.54) is 57.8 Å². The average molecular weight is 250 g/mol. The molecule has 0 aliphatic heterocycles. The second-order valence-corrected chi connectivity index (χ2v) is 6.65. The van der Waals surface area contributed by atoms with Crippen LogP contribution in [0.5, 0.6) is 0 Å². The fraction of sp³-hybridized carbons (Fsp3) is 0.889. The Kier molecular flexibility index (Phi) is 7.70. The predicted molar refractivity (Wildman–Crippen MR) is 82.8 cm³/mol. The van der Waals surface area contributed by atoms with Crippen molar-refractivity contribution in [2.24, 2.45) is 17.8 Å². The van der Waals surface area contributed by atoms with Gasteiger partial charge in [0.15, 0.2) is 0 Å². The molecule has 1 aliphatic rings. The van der Waals surface area contributed by atoms with E-state index in [-0.39, 0.29) is 0 Å². The van der Waals surface area contributed by atoms with Gasteiger partial charge in [0.2, 0.25) is 0 Å². The molecule has 0 amide bonds. The van der Waals surface area contributed by atoms with Crippen molar-refractivity contribution in [3.63, 3.8) is 0 Å². The highest BCUT2D eigenvalue weighted by Gasteiger charge is 2.19. The Morgan fingerprint density at radius 2 is 1.94 bits per heavy atom. The van der Waals surface area contributed by atoms with Gasteiger partial charge in [0.25, 0.3) is 0 Å². The summed E-state index contributed by atoms with van der Waals surface area (Å²) in [5.74, 6) is 2.94. The molecule has 0 heterocycles. The molecule has 106 valence electrons. The van der Waals surface area contributed by atoms with E-state index in [4.69, 9.17) is 0 Å². The number of allylic oxidation sites excluding steroid dienone is 2. The minimum atomic E-state index is 0.936. The van der Waals surface area contributed by atoms with Crippen molar-refractivity contribution < 1.29 is 0 Å². The molecule has 0 saturated heterocycles. The molecule has 0 nitrogen and oxygen atoms in total. The van der Waals surface area contributed by atoms with E-state index in [1.807, 2.05) is 0 Å². The van der Waals surface area contributed by atoms with Gasteiger partial charge in [-0.1, -0.05) is 70.9 Å². The molecule has 0 aromatic carbocycles. The Bertz CT molecular complexity index is 238. The van der Waals surface area contributed by atoms with E-state index >= 15 is 0 Å². The van der Waals surface area contributed by atoms with Crippen LogP contribution in [0.4, 0.5) is 0 Å². The maximum absolute atomic E-state index is 2.44. The zero-order valence-electron chi connectivity index (χ0n) is 13.2. The Labute approximate surface area is 115 Å². The van der Waals surface area contributed by atoms with Gasteiger partial charge in [0, 0.05) is 0 Å². The molecular formula is C18H34. The maximum Gasteiger partial charge on any atom is -0.0295 e. The standard InChI is InChI=1S/C18H34/c1-5-8-16(4)13-17(6-2)14-18-10-7-9-15(3)11-12-18/h8,15,17-18H,5-7,9-14H2,1-4H3. The molecule has 1 rings (SSSR count). The lowest BCUT2D eigenvalue weighted by Crippen LogP contribution is -2.09. The fourth-order valence-electron chi connectivity index (χ4n) is 3.55. The van der Waals surface area contributed by atoms with Crippen LogP contribution >= 0.6 is 0 Å². The summed E-state index contributed by atoms with van der Waals surface area (Å²) in [6, 6.07) is 0. The van der Waals surface area contributed by atoms with Gasteiger partial charge in [-0.3, -0.25) is 0 Å². The first kappa shape index (κ1) is 15.8. The summed E-state index contributed by atoms with van der Waals surface area (Å²) in [6.45, 7) is 9.38. The summed E-state index contributed by atoms with van der Waals surface area (Å²) in [4.78, 5) is 0. The molecule has 1 saturated carbocycles. The highest BCUT2D eigenvalue weighted by Crippen LogP contribution is 2.33. The van der Waals surface area contributed by atoms with Crippen LogP contribution < -0.4 is 0 Å². The third-order valence-electron chi connectivity index (χ3n) is 4.78. The summed E-state index contributed by atoms with van der Waals surface area (Å²) in [5, 5.41) is 0. The fourth-order valence-corrected chi connectivity index (χ4v) is 3.55. The normalized spacial score (nSPS) is 27.9. The van der Waals surface area contributed by atoms with Crippen LogP contribution in [0.15, 0.2) is 11.6 Å². The van der Waals surface area contributed by atoms with Crippen molar-refractivity contribution in [3.8, 4) is 0 Å². The summed E-state index contributed by atoms with van der Waals surface area (Å²) in [5.41, 5.74) is 1.62. The largest absolute Gasteiger partial charge is 0.0859 e. The van der Waals surface area contributed by atoms with Crippen LogP contribution in [0.2, 0.25) is 0 Å². The molecule has 0 radical (unpaired) electrons. The molecule has 0 aromatic heterocycles. The molecular weight excluding hydrogens is 216 g/mol. The van der Waals surface area contributed by atoms with E-state index in [2.05, 4.69) is 33.8 Å². The lowest BCUT2D eigenvalue weighted by Gasteiger charge is -2.22. The molecule has 0 heteroatoms. The van der Waals surface area contributed by atoms with Crippen molar-refractivity contribution in [1.82, 2.24) is 0 Å². The molecule has 0 bridgehead atoms. The minimum Gasteiger partial charge on any atom is -0.0859 e. The van der Waals surface area contributed by atoms with Crippen LogP contribution in [0, 0.1) is 17.8 Å². The Morgan fingerprint density at radius 1 is 1.17 bits per heavy atom. The second kappa shape index (κ2) is 8.77. The lowest BCUT2D eigenvalue weighted by atomic mass is 9.84. The van der Waals surface area contributed by atoms with Gasteiger partial charge in [0.1, 0.15) is 0 Å². The van der Waals surface area contributed by atoms with Crippen molar-refractivity contribution in [2.45, 2.75) is 85.5 Å². The van der Waals surface area contributed by atoms with Gasteiger partial charge < -0.3 is 0 Å². The van der Waals surface area contributed by atoms with Crippen LogP contribution in [-0.2, 0) is 0 Å². The van der Waals surface area contributed by atoms with Crippen molar-refractivity contribution in [3.05, 3.63) is 11.6 Å². The molecule has 1 aliphatic carbocycles. The summed E-state index contributed by atoms with van der Waals surface area (Å²) in [6.07, 6.45) is 15.2. The van der Waals surface area contributed by atoms with E-state index in [0.29, 0.717) is 0 Å². The molecule has 18 heavy (non-hydrogen) atoms. The Hall–Kier alpha value is -0.260. The van der Waals surface area contributed by atoms with Gasteiger partial charge in [-0.2, -0.15) is 0 Å². The van der Waals surface area contributed by atoms with Gasteiger partial charge in [-0.05, 0) is 43.9 Å². The first-order valence-corrected chi connectivity index (χ1v) is 8.31. The van der Waals surface area contributed by atoms with E-state index in [1.54, 1.807) is 5.57 Å². The Balaban J connectivity index is 2.39. The van der Waals surface area contributed by atoms with Gasteiger partial charge >= 0.3 is 0 Å². The first-order valence-electron chi connectivity index (χ1n) is 8.31. The summed E-state index contributed by atoms with van der Waals surface area (Å²) in [7, 11) is 0. The summed E-state index contributed by atoms with van der Waals surface area (Å²) >= 11 is 0. The first-order chi connectivity index (χ1) is 8.65. The number of hydrogen-bond donors (Lipinski definition) is 0. The number of hydrogen-bond acceptors (Lipinski definition) is 0. The highest BCUT2D eigenvalue weighted by atomic mass is 14.2. The maximum atomic E-state index is 2.44. The topological polar surface area (TPSA) is 0 Å². The monoisotopic (exact) mass is 250 g/mol. The van der Waals surface area contributed by atoms with Crippen LogP contribution in [-0.4, -0.2) is 0 Å². The zero-order valence-corrected chi connectivity index (χ0v) is 13.2. The van der Waals surface area contributed by atoms with Crippen molar-refractivity contribution >= 4 is 0 Å². The number of rotatable bonds is 6. The van der Waals surface area contributed by atoms with Crippen LogP contribution in [0.3, 0.4) is 0 Å². The molecule has 0 spiro atoms. The second-order valence-electron chi connectivity index (χ2n) is 6.65. The average Bonchev–Trinajstić information content (AvgIpc) is 2.54. The van der Waals surface area contributed by atoms with E-state index in [0.717, 1.165) is 17.8 Å². The van der Waals surface area contributed by atoms with E-state index in [9.17, 15) is 0 Å². The zero-order chi connectivity index (χ0) is 13.4. The van der Waals surface area contributed by atoms with Gasteiger partial charge in [0.05, 0.1) is 0 Å². The minimum absolute atomic E-state index is 0.936. The van der Waals surface area contributed by atoms with Gasteiger partial charge in [-0.15, -0.1) is 0 Å². The van der Waals surface area contributed by atoms with E-state index < -0.39 is 0 Å². The molecule has 3 atom stereocenters. The predicted octanol–water partition coefficient (Wildman–Crippen LogP) is 6.37. The van der Waals surface area contributed by atoms with Crippen LogP contribution in [0.25, 0.3) is 0 Å². The SMILES string of the molecule is CCC=C(C)CC(CC)CC1CCCC(C)CC1. The van der Waals surface area contributed by atoms with Crippen LogP contribution in [0.1, 0.15) is 85.5 Å². The molecule has 0 aromatic rings. The molecule has 0 N–H and O–H groups in total. The molecule has 3 unspecified atom stereocenters. The Morgan fingerprint density at radius 3 is 2.61 bits per heavy atom. The van der Waals surface area contributed by atoms with Crippen molar-refractivity contribution in [1.29, 1.82) is 0 Å². The highest BCUT2D eigenvalue weighted by molar-refractivity contribution is 4.98. The van der Waals surface area contributed by atoms with Crippen molar-refractivity contribution in [2.75, 3.05) is 0 Å². The molecule has 1 fully saturated rings. The quantitative estimate of drug-likeness (QED) is 0.380. The summed E-state index contributed by atoms with van der Waals surface area (Å²) < 4.78 is 0. The third kappa shape index (κ3) is 6.07. The van der Waals surface area contributed by atoms with Gasteiger partial charge in [-0.25, -0.2) is 0 Å². The third-order valence-corrected chi connectivity index (χ3v) is 4.78. The smallest absolute Gasteiger partial charge is 0.0295 e. The lowest BCUT2D eigenvalue weighted by molar-refractivity contribution is 0.327.